The van der Waals surface area contributed by atoms with Crippen molar-refractivity contribution in [3.05, 3.63) is 0 Å². The van der Waals surface area contributed by atoms with E-state index >= 15 is 0 Å². The predicted molar refractivity (Wildman–Crippen MR) is 77.4 cm³/mol. The van der Waals surface area contributed by atoms with Crippen molar-refractivity contribution in [3.8, 4) is 0 Å². The molecular weight excluding hydrogens is 226 g/mol. The van der Waals surface area contributed by atoms with Gasteiger partial charge in [-0.15, -0.1) is 0 Å². The van der Waals surface area contributed by atoms with Crippen molar-refractivity contribution in [1.82, 2.24) is 10.2 Å². The molecule has 4 nitrogen and oxygen atoms in total. The lowest BCUT2D eigenvalue weighted by Gasteiger charge is -2.30. The molecule has 3 N–H and O–H groups in total. The van der Waals surface area contributed by atoms with Gasteiger partial charge >= 0.3 is 0 Å². The summed E-state index contributed by atoms with van der Waals surface area (Å²) >= 11 is 0. The third-order valence-electron chi connectivity index (χ3n) is 3.69. The summed E-state index contributed by atoms with van der Waals surface area (Å²) in [6, 6.07) is 0.368. The Labute approximate surface area is 112 Å². The summed E-state index contributed by atoms with van der Waals surface area (Å²) in [6.45, 7) is 8.98. The van der Waals surface area contributed by atoms with Crippen molar-refractivity contribution in [2.45, 2.75) is 58.5 Å². The van der Waals surface area contributed by atoms with Crippen LogP contribution in [0.15, 0.2) is 0 Å². The Morgan fingerprint density at radius 2 is 1.78 bits per heavy atom. The van der Waals surface area contributed by atoms with E-state index in [0.717, 1.165) is 6.42 Å². The fourth-order valence-corrected chi connectivity index (χ4v) is 1.98. The zero-order valence-electron chi connectivity index (χ0n) is 12.9. The van der Waals surface area contributed by atoms with Gasteiger partial charge in [0, 0.05) is 12.6 Å². The first-order chi connectivity index (χ1) is 8.26. The van der Waals surface area contributed by atoms with Crippen LogP contribution in [0.3, 0.4) is 0 Å². The molecule has 0 aliphatic heterocycles. The van der Waals surface area contributed by atoms with E-state index in [1.165, 1.54) is 0 Å². The minimum absolute atomic E-state index is 0.0249. The summed E-state index contributed by atoms with van der Waals surface area (Å²) in [5, 5.41) is 3.01. The quantitative estimate of drug-likeness (QED) is 0.694. The molecule has 0 fully saturated rings. The molecule has 0 aliphatic carbocycles. The van der Waals surface area contributed by atoms with E-state index < -0.39 is 5.54 Å². The molecule has 0 rings (SSSR count). The second-order valence-corrected chi connectivity index (χ2v) is 5.82. The van der Waals surface area contributed by atoms with E-state index in [0.29, 0.717) is 31.3 Å². The average molecular weight is 257 g/mol. The van der Waals surface area contributed by atoms with Gasteiger partial charge in [0.1, 0.15) is 0 Å². The van der Waals surface area contributed by atoms with Gasteiger partial charge in [0.05, 0.1) is 5.54 Å². The monoisotopic (exact) mass is 257 g/mol. The number of nitrogens with one attached hydrogen (secondary N) is 1. The van der Waals surface area contributed by atoms with Crippen LogP contribution in [0.1, 0.15) is 47.0 Å². The highest BCUT2D eigenvalue weighted by atomic mass is 16.2. The second kappa shape index (κ2) is 7.74. The van der Waals surface area contributed by atoms with Gasteiger partial charge in [-0.1, -0.05) is 27.7 Å². The Bertz CT molecular complexity index is 247. The smallest absolute Gasteiger partial charge is 0.240 e. The first-order valence-electron chi connectivity index (χ1n) is 7.00. The average Bonchev–Trinajstić information content (AvgIpc) is 2.32. The fraction of sp³-hybridized carbons (Fsp3) is 0.929. The van der Waals surface area contributed by atoms with Crippen molar-refractivity contribution < 1.29 is 4.79 Å². The summed E-state index contributed by atoms with van der Waals surface area (Å²) in [5.74, 6) is 0.595. The van der Waals surface area contributed by atoms with Crippen molar-refractivity contribution >= 4 is 5.91 Å². The van der Waals surface area contributed by atoms with Gasteiger partial charge in [0.2, 0.25) is 5.91 Å². The molecule has 1 atom stereocenters. The molecule has 108 valence electrons. The number of nitrogens with two attached hydrogens (primary N) is 1. The van der Waals surface area contributed by atoms with Gasteiger partial charge in [0.25, 0.3) is 0 Å². The van der Waals surface area contributed by atoms with Crippen molar-refractivity contribution in [2.24, 2.45) is 11.7 Å². The number of hydrogen-bond acceptors (Lipinski definition) is 3. The minimum atomic E-state index is -0.714. The molecule has 0 aliphatic rings. The molecule has 0 saturated carbocycles. The summed E-state index contributed by atoms with van der Waals surface area (Å²) < 4.78 is 0. The predicted octanol–water partition coefficient (Wildman–Crippen LogP) is 1.60. The number of hydrogen-bond donors (Lipinski definition) is 2. The molecule has 0 spiro atoms. The van der Waals surface area contributed by atoms with Crippen LogP contribution in [0.2, 0.25) is 0 Å². The number of likely N-dealkylation sites (N-methyl/N-ethyl adjacent to an activating group) is 1. The van der Waals surface area contributed by atoms with Crippen LogP contribution in [-0.2, 0) is 4.79 Å². The van der Waals surface area contributed by atoms with Gasteiger partial charge in [-0.25, -0.2) is 0 Å². The largest absolute Gasteiger partial charge is 0.353 e. The fourth-order valence-electron chi connectivity index (χ4n) is 1.98. The van der Waals surface area contributed by atoms with Crippen LogP contribution in [0.5, 0.6) is 0 Å². The number of carbonyl (C=O) groups is 1. The molecule has 0 saturated heterocycles. The molecule has 0 heterocycles. The maximum absolute atomic E-state index is 12.1. The number of carbonyl (C=O) groups excluding carboxylic acids is 1. The van der Waals surface area contributed by atoms with E-state index in [1.54, 1.807) is 0 Å². The third-order valence-corrected chi connectivity index (χ3v) is 3.69. The van der Waals surface area contributed by atoms with Gasteiger partial charge in [-0.05, 0) is 39.3 Å². The van der Waals surface area contributed by atoms with Crippen LogP contribution in [-0.4, -0.2) is 43.0 Å². The highest BCUT2D eigenvalue weighted by Crippen LogP contribution is 2.12. The molecular formula is C14H31N3O. The summed E-state index contributed by atoms with van der Waals surface area (Å²) in [5.41, 5.74) is 5.36. The Kier molecular flexibility index (Phi) is 7.48. The molecule has 0 aromatic rings. The minimum Gasteiger partial charge on any atom is -0.353 e. The van der Waals surface area contributed by atoms with Crippen LogP contribution in [0, 0.1) is 5.92 Å². The Balaban J connectivity index is 4.39. The highest BCUT2D eigenvalue weighted by molar-refractivity contribution is 5.85. The van der Waals surface area contributed by atoms with Crippen LogP contribution >= 0.6 is 0 Å². The van der Waals surface area contributed by atoms with Crippen LogP contribution in [0.25, 0.3) is 0 Å². The van der Waals surface area contributed by atoms with Crippen LogP contribution in [0.4, 0.5) is 0 Å². The van der Waals surface area contributed by atoms with Crippen molar-refractivity contribution in [3.63, 3.8) is 0 Å². The highest BCUT2D eigenvalue weighted by Gasteiger charge is 2.30. The number of nitrogens with zero attached hydrogens (tertiary/aromatic N) is 1. The van der Waals surface area contributed by atoms with Crippen LogP contribution < -0.4 is 11.1 Å². The standard InChI is InChI=1S/C14H31N3O/c1-7-14(15,8-2)13(18)16-10-12(17(5)6)9-11(3)4/h11-12H,7-10,15H2,1-6H3,(H,16,18). The van der Waals surface area contributed by atoms with Crippen molar-refractivity contribution in [1.29, 1.82) is 0 Å². The lowest BCUT2D eigenvalue weighted by molar-refractivity contribution is -0.126. The Morgan fingerprint density at radius 3 is 2.11 bits per heavy atom. The molecule has 1 amide bonds. The zero-order valence-corrected chi connectivity index (χ0v) is 12.9. The van der Waals surface area contributed by atoms with E-state index in [9.17, 15) is 4.79 Å². The number of amides is 1. The first kappa shape index (κ1) is 17.4. The SMILES string of the molecule is CCC(N)(CC)C(=O)NCC(CC(C)C)N(C)C. The third kappa shape index (κ3) is 5.36. The summed E-state index contributed by atoms with van der Waals surface area (Å²) in [7, 11) is 4.10. The molecule has 4 heteroatoms. The maximum Gasteiger partial charge on any atom is 0.240 e. The molecule has 18 heavy (non-hydrogen) atoms. The lowest BCUT2D eigenvalue weighted by Crippen LogP contribution is -2.55. The van der Waals surface area contributed by atoms with Gasteiger partial charge in [0.15, 0.2) is 0 Å². The van der Waals surface area contributed by atoms with E-state index in [1.807, 2.05) is 13.8 Å². The summed E-state index contributed by atoms with van der Waals surface area (Å²) in [4.78, 5) is 14.2. The normalized spacial score (nSPS) is 14.1. The molecule has 1 unspecified atom stereocenters. The Morgan fingerprint density at radius 1 is 1.28 bits per heavy atom. The van der Waals surface area contributed by atoms with E-state index in [4.69, 9.17) is 5.73 Å². The van der Waals surface area contributed by atoms with Gasteiger partial charge < -0.3 is 16.0 Å². The second-order valence-electron chi connectivity index (χ2n) is 5.82. The van der Waals surface area contributed by atoms with Gasteiger partial charge in [-0.2, -0.15) is 0 Å². The van der Waals surface area contributed by atoms with E-state index in [-0.39, 0.29) is 5.91 Å². The molecule has 0 radical (unpaired) electrons. The molecule has 0 aromatic carbocycles. The molecule has 0 aromatic heterocycles. The maximum atomic E-state index is 12.1. The van der Waals surface area contributed by atoms with Crippen molar-refractivity contribution in [2.75, 3.05) is 20.6 Å². The Hall–Kier alpha value is -0.610. The lowest BCUT2D eigenvalue weighted by atomic mass is 9.93. The molecule has 0 bridgehead atoms. The zero-order chi connectivity index (χ0) is 14.3. The topological polar surface area (TPSA) is 58.4 Å². The van der Waals surface area contributed by atoms with Gasteiger partial charge in [-0.3, -0.25) is 4.79 Å². The van der Waals surface area contributed by atoms with E-state index in [2.05, 4.69) is 38.2 Å². The first-order valence-corrected chi connectivity index (χ1v) is 7.00. The number of rotatable bonds is 8. The summed E-state index contributed by atoms with van der Waals surface area (Å²) in [6.07, 6.45) is 2.42.